The van der Waals surface area contributed by atoms with E-state index in [1.54, 1.807) is 13.2 Å². The summed E-state index contributed by atoms with van der Waals surface area (Å²) in [7, 11) is 5.87. The minimum atomic E-state index is -0.493. The fourth-order valence-electron chi connectivity index (χ4n) is 4.86. The summed E-state index contributed by atoms with van der Waals surface area (Å²) in [4.78, 5) is 25.8. The van der Waals surface area contributed by atoms with Crippen molar-refractivity contribution >= 4 is 28.6 Å². The van der Waals surface area contributed by atoms with Gasteiger partial charge in [-0.1, -0.05) is 6.07 Å². The molecule has 2 fully saturated rings. The number of amides is 1. The Labute approximate surface area is 216 Å². The number of rotatable bonds is 8. The van der Waals surface area contributed by atoms with Crippen molar-refractivity contribution in [1.29, 1.82) is 0 Å². The number of hydrogen-bond acceptors (Lipinski definition) is 9. The van der Waals surface area contributed by atoms with Gasteiger partial charge in [0.25, 0.3) is 0 Å². The van der Waals surface area contributed by atoms with Gasteiger partial charge in [-0.25, -0.2) is 19.4 Å². The van der Waals surface area contributed by atoms with Gasteiger partial charge in [-0.2, -0.15) is 5.10 Å². The van der Waals surface area contributed by atoms with Gasteiger partial charge < -0.3 is 25.0 Å². The number of carbonyl (C=O) groups is 1. The highest BCUT2D eigenvalue weighted by Gasteiger charge is 2.41. The van der Waals surface area contributed by atoms with E-state index < -0.39 is 6.09 Å². The zero-order chi connectivity index (χ0) is 26.2. The normalized spacial score (nSPS) is 17.8. The monoisotopic (exact) mass is 508 g/mol. The molecular weight excluding hydrogens is 472 g/mol. The van der Waals surface area contributed by atoms with Crippen molar-refractivity contribution in [2.45, 2.75) is 50.8 Å². The number of fused-ring (bicyclic) bond motifs is 1. The number of hydrogen-bond donors (Lipinski definition) is 2. The number of methoxy groups -OCH3 is 1. The number of nitrogen functional groups attached to an aromatic ring is 1. The summed E-state index contributed by atoms with van der Waals surface area (Å²) in [6.07, 6.45) is 5.07. The molecule has 3 aromatic rings. The number of aromatic nitrogens is 4. The highest BCUT2D eigenvalue weighted by molar-refractivity contribution is 5.99. The second-order valence-electron chi connectivity index (χ2n) is 10.4. The third-order valence-corrected chi connectivity index (χ3v) is 7.48. The molecule has 0 spiro atoms. The molecule has 0 atom stereocenters. The molecule has 1 aliphatic heterocycles. The second kappa shape index (κ2) is 10.1. The predicted octanol–water partition coefficient (Wildman–Crippen LogP) is 3.21. The van der Waals surface area contributed by atoms with Gasteiger partial charge in [0.2, 0.25) is 0 Å². The number of likely N-dealkylation sites (tertiary alicyclic amines) is 1. The van der Waals surface area contributed by atoms with Crippen molar-refractivity contribution in [3.8, 4) is 17.0 Å². The van der Waals surface area contributed by atoms with Crippen molar-refractivity contribution in [3.05, 3.63) is 24.5 Å². The van der Waals surface area contributed by atoms with Crippen LogP contribution in [0.3, 0.4) is 0 Å². The van der Waals surface area contributed by atoms with Crippen LogP contribution in [0.25, 0.3) is 22.3 Å². The quantitative estimate of drug-likeness (QED) is 0.472. The summed E-state index contributed by atoms with van der Waals surface area (Å²) in [6.45, 7) is 5.64. The Kier molecular flexibility index (Phi) is 6.91. The molecule has 1 aromatic carbocycles. The van der Waals surface area contributed by atoms with E-state index in [1.165, 1.54) is 19.2 Å². The Hall–Kier alpha value is -3.44. The van der Waals surface area contributed by atoms with E-state index in [-0.39, 0.29) is 5.60 Å². The SMILES string of the molecule is COc1cc(-c2nn(CCN3CCC(N(C)C)CC3)c3ncnc(N)c23)ccc1NC(=O)OC1(C)CC1. The topological polar surface area (TPSA) is 124 Å². The molecule has 0 radical (unpaired) electrons. The summed E-state index contributed by atoms with van der Waals surface area (Å²) < 4.78 is 13.0. The molecule has 3 heterocycles. The van der Waals surface area contributed by atoms with E-state index in [2.05, 4.69) is 39.2 Å². The fourth-order valence-corrected chi connectivity index (χ4v) is 4.86. The number of nitrogens with two attached hydrogens (primary N) is 1. The van der Waals surface area contributed by atoms with E-state index in [0.29, 0.717) is 46.6 Å². The average Bonchev–Trinajstić information content (AvgIpc) is 3.48. The first-order valence-corrected chi connectivity index (χ1v) is 12.8. The maximum absolute atomic E-state index is 12.3. The first-order valence-electron chi connectivity index (χ1n) is 12.8. The van der Waals surface area contributed by atoms with E-state index in [9.17, 15) is 4.79 Å². The number of nitrogens with zero attached hydrogens (tertiary/aromatic N) is 6. The van der Waals surface area contributed by atoms with Crippen LogP contribution in [0, 0.1) is 0 Å². The fraction of sp³-hybridized carbons (Fsp3) is 0.538. The Morgan fingerprint density at radius 3 is 2.65 bits per heavy atom. The van der Waals surface area contributed by atoms with Crippen LogP contribution in [0.2, 0.25) is 0 Å². The van der Waals surface area contributed by atoms with Gasteiger partial charge in [0, 0.05) is 18.2 Å². The molecular formula is C26H36N8O3. The lowest BCUT2D eigenvalue weighted by atomic mass is 10.0. The van der Waals surface area contributed by atoms with Crippen LogP contribution in [0.15, 0.2) is 24.5 Å². The number of nitrogens with one attached hydrogen (secondary N) is 1. The van der Waals surface area contributed by atoms with Gasteiger partial charge in [0.15, 0.2) is 5.65 Å². The average molecular weight is 509 g/mol. The smallest absolute Gasteiger partial charge is 0.412 e. The van der Waals surface area contributed by atoms with Crippen LogP contribution in [-0.2, 0) is 11.3 Å². The number of benzene rings is 1. The van der Waals surface area contributed by atoms with E-state index >= 15 is 0 Å². The van der Waals surface area contributed by atoms with Crippen LogP contribution in [0.4, 0.5) is 16.3 Å². The van der Waals surface area contributed by atoms with E-state index in [1.807, 2.05) is 23.7 Å². The first-order chi connectivity index (χ1) is 17.8. The van der Waals surface area contributed by atoms with Crippen molar-refractivity contribution in [2.24, 2.45) is 0 Å². The highest BCUT2D eigenvalue weighted by Crippen LogP contribution is 2.40. The molecule has 1 amide bonds. The summed E-state index contributed by atoms with van der Waals surface area (Å²) in [5.74, 6) is 0.873. The zero-order valence-corrected chi connectivity index (χ0v) is 22.0. The third-order valence-electron chi connectivity index (χ3n) is 7.48. The van der Waals surface area contributed by atoms with Gasteiger partial charge in [-0.05, 0) is 71.9 Å². The van der Waals surface area contributed by atoms with E-state index in [0.717, 1.165) is 38.0 Å². The van der Waals surface area contributed by atoms with Crippen molar-refractivity contribution in [3.63, 3.8) is 0 Å². The molecule has 0 unspecified atom stereocenters. The molecule has 1 saturated heterocycles. The van der Waals surface area contributed by atoms with Crippen molar-refractivity contribution < 1.29 is 14.3 Å². The van der Waals surface area contributed by atoms with Crippen LogP contribution in [-0.4, -0.2) is 88.1 Å². The van der Waals surface area contributed by atoms with Gasteiger partial charge in [0.05, 0.1) is 24.7 Å². The van der Waals surface area contributed by atoms with E-state index in [4.69, 9.17) is 20.3 Å². The van der Waals surface area contributed by atoms with Crippen LogP contribution >= 0.6 is 0 Å². The largest absolute Gasteiger partial charge is 0.495 e. The molecule has 2 aliphatic rings. The van der Waals surface area contributed by atoms with Crippen LogP contribution < -0.4 is 15.8 Å². The summed E-state index contributed by atoms with van der Waals surface area (Å²) in [5, 5.41) is 8.40. The molecule has 1 aliphatic carbocycles. The molecule has 37 heavy (non-hydrogen) atoms. The minimum absolute atomic E-state index is 0.358. The van der Waals surface area contributed by atoms with Crippen molar-refractivity contribution in [1.82, 2.24) is 29.5 Å². The molecule has 0 bridgehead atoms. The lowest BCUT2D eigenvalue weighted by molar-refractivity contribution is 0.107. The Morgan fingerprint density at radius 2 is 1.97 bits per heavy atom. The lowest BCUT2D eigenvalue weighted by Gasteiger charge is -2.35. The number of anilines is 2. The predicted molar refractivity (Wildman–Crippen MR) is 143 cm³/mol. The molecule has 3 N–H and O–H groups in total. The minimum Gasteiger partial charge on any atom is -0.495 e. The summed E-state index contributed by atoms with van der Waals surface area (Å²) in [5.41, 5.74) is 8.63. The van der Waals surface area contributed by atoms with Gasteiger partial charge >= 0.3 is 6.09 Å². The number of carbonyl (C=O) groups excluding carboxylic acids is 1. The third kappa shape index (κ3) is 5.47. The lowest BCUT2D eigenvalue weighted by Crippen LogP contribution is -2.42. The van der Waals surface area contributed by atoms with Gasteiger partial charge in [-0.3, -0.25) is 5.32 Å². The van der Waals surface area contributed by atoms with Gasteiger partial charge in [-0.15, -0.1) is 0 Å². The molecule has 198 valence electrons. The number of ether oxygens (including phenoxy) is 2. The molecule has 5 rings (SSSR count). The Morgan fingerprint density at radius 1 is 1.22 bits per heavy atom. The van der Waals surface area contributed by atoms with Gasteiger partial charge in [0.1, 0.15) is 29.2 Å². The highest BCUT2D eigenvalue weighted by atomic mass is 16.6. The summed E-state index contributed by atoms with van der Waals surface area (Å²) in [6, 6.07) is 6.14. The molecule has 11 nitrogen and oxygen atoms in total. The standard InChI is InChI=1S/C26H36N8O3/c1-26(9-10-26)37-25(35)30-19-6-5-17(15-20(19)36-4)22-21-23(27)28-16-29-24(21)34(31-22)14-13-33-11-7-18(8-12-33)32(2)3/h5-6,15-16,18H,7-14H2,1-4H3,(H,30,35)(H2,27,28,29). The maximum atomic E-state index is 12.3. The molecule has 1 saturated carbocycles. The Bertz CT molecular complexity index is 1280. The van der Waals surface area contributed by atoms with Crippen LogP contribution in [0.5, 0.6) is 5.75 Å². The second-order valence-corrected chi connectivity index (χ2v) is 10.4. The van der Waals surface area contributed by atoms with Crippen LogP contribution in [0.1, 0.15) is 32.6 Å². The molecule has 11 heteroatoms. The summed E-state index contributed by atoms with van der Waals surface area (Å²) >= 11 is 0. The Balaban J connectivity index is 1.37. The zero-order valence-electron chi connectivity index (χ0n) is 22.0. The first kappa shape index (κ1) is 25.2. The van der Waals surface area contributed by atoms with Crippen molar-refractivity contribution in [2.75, 3.05) is 51.9 Å². The maximum Gasteiger partial charge on any atom is 0.412 e. The number of piperidine rings is 1. The molecule has 2 aromatic heterocycles.